The van der Waals surface area contributed by atoms with Crippen molar-refractivity contribution in [2.45, 2.75) is 44.1 Å². The fourth-order valence-corrected chi connectivity index (χ4v) is 3.30. The quantitative estimate of drug-likeness (QED) is 0.604. The van der Waals surface area contributed by atoms with E-state index < -0.39 is 23.4 Å². The molecule has 2 rings (SSSR count). The molecule has 2 bridgehead atoms. The van der Waals surface area contributed by atoms with Crippen LogP contribution >= 0.6 is 0 Å². The number of rotatable bonds is 3. The topological polar surface area (TPSA) is 20.2 Å². The Morgan fingerprint density at radius 3 is 1.82 bits per heavy atom. The predicted octanol–water partition coefficient (Wildman–Crippen LogP) is 3.24. The number of fused-ring (bicyclic) bond motifs is 2. The Bertz CT molecular complexity index is 325. The van der Waals surface area contributed by atoms with Gasteiger partial charge in [-0.1, -0.05) is 12.2 Å². The van der Waals surface area contributed by atoms with Gasteiger partial charge in [0.15, 0.2) is 5.60 Å². The van der Waals surface area contributed by atoms with E-state index in [-0.39, 0.29) is 18.3 Å². The van der Waals surface area contributed by atoms with Crippen LogP contribution in [0.4, 0.5) is 17.6 Å². The zero-order chi connectivity index (χ0) is 13.1. The van der Waals surface area contributed by atoms with Crippen molar-refractivity contribution in [1.82, 2.24) is 0 Å². The Balaban J connectivity index is 2.39. The molecule has 0 aromatic carbocycles. The molecular weight excluding hydrogens is 236 g/mol. The molecular formula is C12H16F4O. The third-order valence-electron chi connectivity index (χ3n) is 4.15. The van der Waals surface area contributed by atoms with E-state index in [1.807, 2.05) is 6.08 Å². The van der Waals surface area contributed by atoms with Gasteiger partial charge < -0.3 is 5.11 Å². The smallest absolute Gasteiger partial charge is 0.279 e. The predicted molar refractivity (Wildman–Crippen MR) is 55.0 cm³/mol. The Kier molecular flexibility index (Phi) is 2.62. The molecule has 3 atom stereocenters. The Morgan fingerprint density at radius 1 is 1.00 bits per heavy atom. The lowest BCUT2D eigenvalue weighted by atomic mass is 9.71. The average Bonchev–Trinajstić information content (AvgIpc) is 2.73. The van der Waals surface area contributed by atoms with Crippen LogP contribution in [0.25, 0.3) is 0 Å². The van der Waals surface area contributed by atoms with E-state index in [0.29, 0.717) is 20.3 Å². The molecule has 1 fully saturated rings. The first-order chi connectivity index (χ1) is 7.57. The summed E-state index contributed by atoms with van der Waals surface area (Å²) in [7, 11) is 0. The molecule has 98 valence electrons. The number of allylic oxidation sites excluding steroid dienone is 2. The van der Waals surface area contributed by atoms with Crippen LogP contribution < -0.4 is 0 Å². The van der Waals surface area contributed by atoms with Crippen molar-refractivity contribution in [1.29, 1.82) is 0 Å². The third kappa shape index (κ3) is 1.70. The van der Waals surface area contributed by atoms with Gasteiger partial charge in [-0.2, -0.15) is 0 Å². The molecule has 2 aliphatic rings. The molecule has 0 aliphatic heterocycles. The highest BCUT2D eigenvalue weighted by atomic mass is 19.3. The van der Waals surface area contributed by atoms with E-state index in [2.05, 4.69) is 0 Å². The molecule has 0 saturated heterocycles. The summed E-state index contributed by atoms with van der Waals surface area (Å²) in [5, 5.41) is 9.97. The van der Waals surface area contributed by atoms with E-state index in [1.165, 1.54) is 0 Å². The minimum Gasteiger partial charge on any atom is -0.378 e. The van der Waals surface area contributed by atoms with Crippen LogP contribution in [0, 0.1) is 17.8 Å². The zero-order valence-electron chi connectivity index (χ0n) is 9.76. The van der Waals surface area contributed by atoms with E-state index in [1.54, 1.807) is 6.08 Å². The van der Waals surface area contributed by atoms with Gasteiger partial charge in [0.2, 0.25) is 0 Å². The molecule has 1 saturated carbocycles. The number of aliphatic hydroxyl groups is 1. The Hall–Kier alpha value is -0.580. The van der Waals surface area contributed by atoms with E-state index in [4.69, 9.17) is 0 Å². The summed E-state index contributed by atoms with van der Waals surface area (Å²) in [5.74, 6) is -9.02. The van der Waals surface area contributed by atoms with Gasteiger partial charge in [0.25, 0.3) is 11.8 Å². The van der Waals surface area contributed by atoms with Crippen LogP contribution in [0.2, 0.25) is 0 Å². The van der Waals surface area contributed by atoms with E-state index in [0.717, 1.165) is 0 Å². The van der Waals surface area contributed by atoms with Crippen molar-refractivity contribution < 1.29 is 22.7 Å². The molecule has 3 unspecified atom stereocenters. The van der Waals surface area contributed by atoms with Crippen LogP contribution in [0.15, 0.2) is 12.2 Å². The first-order valence-corrected chi connectivity index (χ1v) is 5.73. The highest BCUT2D eigenvalue weighted by Crippen LogP contribution is 2.56. The van der Waals surface area contributed by atoms with Gasteiger partial charge in [0.1, 0.15) is 0 Å². The standard InChI is InChI=1S/C12H16F4O/c1-10(13,14)12(17,11(2,15)16)9-6-7-3-4-8(9)5-7/h3-4,7-9,17H,5-6H2,1-2H3. The molecule has 17 heavy (non-hydrogen) atoms. The van der Waals surface area contributed by atoms with E-state index in [9.17, 15) is 22.7 Å². The molecule has 1 N–H and O–H groups in total. The second-order valence-electron chi connectivity index (χ2n) is 5.43. The summed E-state index contributed by atoms with van der Waals surface area (Å²) in [4.78, 5) is 0. The number of alkyl halides is 4. The van der Waals surface area contributed by atoms with Crippen molar-refractivity contribution in [3.05, 3.63) is 12.2 Å². The second kappa shape index (κ2) is 3.46. The van der Waals surface area contributed by atoms with Crippen LogP contribution in [0.1, 0.15) is 26.7 Å². The molecule has 5 heteroatoms. The molecule has 0 radical (unpaired) electrons. The minimum atomic E-state index is -3.83. The van der Waals surface area contributed by atoms with Gasteiger partial charge in [-0.05, 0) is 24.7 Å². The summed E-state index contributed by atoms with van der Waals surface area (Å²) in [5.41, 5.74) is -3.26. The lowest BCUT2D eigenvalue weighted by Gasteiger charge is -2.44. The lowest BCUT2D eigenvalue weighted by molar-refractivity contribution is -0.296. The zero-order valence-corrected chi connectivity index (χ0v) is 9.76. The minimum absolute atomic E-state index is 0.0567. The highest BCUT2D eigenvalue weighted by Gasteiger charge is 2.69. The first kappa shape index (κ1) is 12.9. The molecule has 0 aromatic rings. The number of hydrogen-bond acceptors (Lipinski definition) is 1. The molecule has 0 aromatic heterocycles. The van der Waals surface area contributed by atoms with Crippen molar-refractivity contribution in [2.24, 2.45) is 17.8 Å². The van der Waals surface area contributed by atoms with Crippen LogP contribution in [0.5, 0.6) is 0 Å². The summed E-state index contributed by atoms with van der Waals surface area (Å²) >= 11 is 0. The Morgan fingerprint density at radius 2 is 1.53 bits per heavy atom. The largest absolute Gasteiger partial charge is 0.378 e. The maximum atomic E-state index is 13.5. The maximum absolute atomic E-state index is 13.5. The monoisotopic (exact) mass is 252 g/mol. The van der Waals surface area contributed by atoms with Crippen molar-refractivity contribution >= 4 is 0 Å². The molecule has 1 nitrogen and oxygen atoms in total. The van der Waals surface area contributed by atoms with Gasteiger partial charge in [0.05, 0.1) is 0 Å². The fourth-order valence-electron chi connectivity index (χ4n) is 3.30. The third-order valence-corrected chi connectivity index (χ3v) is 4.15. The lowest BCUT2D eigenvalue weighted by Crippen LogP contribution is -2.63. The van der Waals surface area contributed by atoms with Gasteiger partial charge >= 0.3 is 0 Å². The van der Waals surface area contributed by atoms with Crippen molar-refractivity contribution in [3.63, 3.8) is 0 Å². The number of hydrogen-bond donors (Lipinski definition) is 1. The molecule has 0 spiro atoms. The van der Waals surface area contributed by atoms with E-state index >= 15 is 0 Å². The SMILES string of the molecule is CC(F)(F)C(O)(C1CC2C=CC1C2)C(C)(F)F. The summed E-state index contributed by atoms with van der Waals surface area (Å²) in [6.45, 7) is 0.750. The van der Waals surface area contributed by atoms with Crippen molar-refractivity contribution in [2.75, 3.05) is 0 Å². The van der Waals surface area contributed by atoms with Gasteiger partial charge in [-0.15, -0.1) is 0 Å². The molecule has 0 heterocycles. The summed E-state index contributed by atoms with van der Waals surface area (Å²) in [6, 6.07) is 0. The molecule has 2 aliphatic carbocycles. The number of halogens is 4. The first-order valence-electron chi connectivity index (χ1n) is 5.73. The normalized spacial score (nSPS) is 33.5. The Labute approximate surface area is 97.5 Å². The van der Waals surface area contributed by atoms with Gasteiger partial charge in [-0.25, -0.2) is 17.6 Å². The fraction of sp³-hybridized carbons (Fsp3) is 0.833. The van der Waals surface area contributed by atoms with Crippen LogP contribution in [-0.2, 0) is 0 Å². The van der Waals surface area contributed by atoms with Crippen LogP contribution in [-0.4, -0.2) is 22.6 Å². The molecule has 0 amide bonds. The highest BCUT2D eigenvalue weighted by molar-refractivity contribution is 5.18. The second-order valence-corrected chi connectivity index (χ2v) is 5.43. The van der Waals surface area contributed by atoms with Gasteiger partial charge in [0, 0.05) is 19.8 Å². The summed E-state index contributed by atoms with van der Waals surface area (Å²) in [6.07, 6.45) is 4.36. The maximum Gasteiger partial charge on any atom is 0.279 e. The summed E-state index contributed by atoms with van der Waals surface area (Å²) < 4.78 is 54.0. The average molecular weight is 252 g/mol. The van der Waals surface area contributed by atoms with Gasteiger partial charge in [-0.3, -0.25) is 0 Å². The van der Waals surface area contributed by atoms with Crippen LogP contribution in [0.3, 0.4) is 0 Å². The van der Waals surface area contributed by atoms with Crippen molar-refractivity contribution in [3.8, 4) is 0 Å².